The van der Waals surface area contributed by atoms with Crippen LogP contribution in [0.5, 0.6) is 0 Å². The summed E-state index contributed by atoms with van der Waals surface area (Å²) in [6, 6.07) is 7.79. The molecule has 1 aliphatic rings. The standard InChI is InChI=1S/C21H18F3N5O2S/c22-13-3-6-15(7-4-13)25-18(30)20-28-27-19(32-20)12-2-1-9-29(11-12)21(31)26-17-8-5-14(23)10-16(17)24/h3-8,10,12H,1-2,9,11H2,(H,25,30)(H,26,31). The number of likely N-dealkylation sites (tertiary alicyclic amines) is 1. The monoisotopic (exact) mass is 461 g/mol. The number of urea groups is 1. The Bertz CT molecular complexity index is 1140. The van der Waals surface area contributed by atoms with Gasteiger partial charge < -0.3 is 15.5 Å². The molecule has 4 rings (SSSR count). The second-order valence-corrected chi connectivity index (χ2v) is 8.26. The molecule has 11 heteroatoms. The fraction of sp³-hybridized carbons (Fsp3) is 0.238. The predicted octanol–water partition coefficient (Wildman–Crippen LogP) is 4.62. The molecular weight excluding hydrogens is 443 g/mol. The smallest absolute Gasteiger partial charge is 0.321 e. The molecule has 32 heavy (non-hydrogen) atoms. The Hall–Kier alpha value is -3.47. The van der Waals surface area contributed by atoms with Gasteiger partial charge in [0.2, 0.25) is 5.01 Å². The van der Waals surface area contributed by atoms with E-state index in [1.807, 2.05) is 0 Å². The van der Waals surface area contributed by atoms with E-state index in [-0.39, 0.29) is 16.6 Å². The van der Waals surface area contributed by atoms with Crippen molar-refractivity contribution in [1.29, 1.82) is 0 Å². The van der Waals surface area contributed by atoms with Crippen LogP contribution in [0.1, 0.15) is 33.6 Å². The van der Waals surface area contributed by atoms with Gasteiger partial charge in [0.1, 0.15) is 22.5 Å². The van der Waals surface area contributed by atoms with Crippen molar-refractivity contribution in [2.45, 2.75) is 18.8 Å². The maximum Gasteiger partial charge on any atom is 0.321 e. The SMILES string of the molecule is O=C(Nc1ccc(F)cc1)c1nnc(C2CCCN(C(=O)Nc3ccc(F)cc3F)C2)s1. The fourth-order valence-electron chi connectivity index (χ4n) is 3.36. The summed E-state index contributed by atoms with van der Waals surface area (Å²) in [4.78, 5) is 26.5. The Labute approximate surface area is 185 Å². The molecule has 0 aliphatic carbocycles. The van der Waals surface area contributed by atoms with Crippen molar-refractivity contribution in [3.63, 3.8) is 0 Å². The van der Waals surface area contributed by atoms with Gasteiger partial charge in [-0.25, -0.2) is 18.0 Å². The average Bonchev–Trinajstić information content (AvgIpc) is 3.28. The average molecular weight is 461 g/mol. The van der Waals surface area contributed by atoms with E-state index in [9.17, 15) is 22.8 Å². The van der Waals surface area contributed by atoms with Crippen molar-refractivity contribution in [2.75, 3.05) is 23.7 Å². The van der Waals surface area contributed by atoms with Gasteiger partial charge in [-0.15, -0.1) is 10.2 Å². The van der Waals surface area contributed by atoms with E-state index >= 15 is 0 Å². The molecule has 3 amide bonds. The highest BCUT2D eigenvalue weighted by Gasteiger charge is 2.28. The lowest BCUT2D eigenvalue weighted by Gasteiger charge is -2.31. The number of amides is 3. The van der Waals surface area contributed by atoms with Crippen LogP contribution in [0.2, 0.25) is 0 Å². The van der Waals surface area contributed by atoms with Crippen LogP contribution in [0, 0.1) is 17.5 Å². The zero-order valence-electron chi connectivity index (χ0n) is 16.6. The number of hydrogen-bond acceptors (Lipinski definition) is 5. The second-order valence-electron chi connectivity index (χ2n) is 7.25. The zero-order chi connectivity index (χ0) is 22.7. The largest absolute Gasteiger partial charge is 0.324 e. The maximum absolute atomic E-state index is 13.8. The molecule has 166 valence electrons. The predicted molar refractivity (Wildman–Crippen MR) is 113 cm³/mol. The number of aromatic nitrogens is 2. The molecule has 2 aromatic carbocycles. The first kappa shape index (κ1) is 21.8. The Kier molecular flexibility index (Phi) is 6.35. The summed E-state index contributed by atoms with van der Waals surface area (Å²) < 4.78 is 39.9. The molecule has 0 bridgehead atoms. The second kappa shape index (κ2) is 9.35. The first-order chi connectivity index (χ1) is 15.4. The van der Waals surface area contributed by atoms with Gasteiger partial charge in [0, 0.05) is 30.8 Å². The lowest BCUT2D eigenvalue weighted by Crippen LogP contribution is -2.41. The molecule has 1 aliphatic heterocycles. The molecular formula is C21H18F3N5O2S. The van der Waals surface area contributed by atoms with Gasteiger partial charge in [-0.05, 0) is 49.2 Å². The molecule has 0 spiro atoms. The lowest BCUT2D eigenvalue weighted by atomic mass is 9.99. The molecule has 3 aromatic rings. The van der Waals surface area contributed by atoms with Gasteiger partial charge in [-0.2, -0.15) is 0 Å². The lowest BCUT2D eigenvalue weighted by molar-refractivity contribution is 0.102. The van der Waals surface area contributed by atoms with Crippen LogP contribution >= 0.6 is 11.3 Å². The molecule has 2 N–H and O–H groups in total. The van der Waals surface area contributed by atoms with Crippen molar-refractivity contribution < 1.29 is 22.8 Å². The van der Waals surface area contributed by atoms with Crippen LogP contribution in [-0.2, 0) is 0 Å². The van der Waals surface area contributed by atoms with Gasteiger partial charge in [0.25, 0.3) is 5.91 Å². The van der Waals surface area contributed by atoms with Crippen molar-refractivity contribution in [1.82, 2.24) is 15.1 Å². The maximum atomic E-state index is 13.8. The Morgan fingerprint density at radius 2 is 1.75 bits per heavy atom. The van der Waals surface area contributed by atoms with Crippen LogP contribution in [0.4, 0.5) is 29.3 Å². The Balaban J connectivity index is 1.39. The third kappa shape index (κ3) is 5.05. The molecule has 1 saturated heterocycles. The summed E-state index contributed by atoms with van der Waals surface area (Å²) in [6.45, 7) is 0.796. The van der Waals surface area contributed by atoms with Crippen LogP contribution in [0.15, 0.2) is 42.5 Å². The third-order valence-corrected chi connectivity index (χ3v) is 6.05. The molecule has 1 aromatic heterocycles. The van der Waals surface area contributed by atoms with Crippen molar-refractivity contribution >= 4 is 34.6 Å². The van der Waals surface area contributed by atoms with Crippen LogP contribution in [0.25, 0.3) is 0 Å². The van der Waals surface area contributed by atoms with E-state index in [2.05, 4.69) is 20.8 Å². The topological polar surface area (TPSA) is 87.2 Å². The molecule has 7 nitrogen and oxygen atoms in total. The minimum Gasteiger partial charge on any atom is -0.324 e. The van der Waals surface area contributed by atoms with E-state index in [4.69, 9.17) is 0 Å². The summed E-state index contributed by atoms with van der Waals surface area (Å²) in [6.07, 6.45) is 1.45. The zero-order valence-corrected chi connectivity index (χ0v) is 17.5. The van der Waals surface area contributed by atoms with Crippen LogP contribution < -0.4 is 10.6 Å². The van der Waals surface area contributed by atoms with Gasteiger partial charge in [-0.3, -0.25) is 4.79 Å². The summed E-state index contributed by atoms with van der Waals surface area (Å²) in [5, 5.41) is 13.9. The highest BCUT2D eigenvalue weighted by atomic mass is 32.1. The quantitative estimate of drug-likeness (QED) is 0.594. The van der Waals surface area contributed by atoms with Crippen molar-refractivity contribution in [3.8, 4) is 0 Å². The number of hydrogen-bond donors (Lipinski definition) is 2. The summed E-state index contributed by atoms with van der Waals surface area (Å²) in [5.41, 5.74) is 0.330. The van der Waals surface area contributed by atoms with Gasteiger partial charge in [-0.1, -0.05) is 11.3 Å². The molecule has 1 fully saturated rings. The molecule has 1 atom stereocenters. The van der Waals surface area contributed by atoms with Crippen molar-refractivity contribution in [3.05, 3.63) is 69.9 Å². The summed E-state index contributed by atoms with van der Waals surface area (Å²) in [7, 11) is 0. The molecule has 0 radical (unpaired) electrons. The first-order valence-electron chi connectivity index (χ1n) is 9.80. The number of carbonyl (C=O) groups is 2. The van der Waals surface area contributed by atoms with E-state index in [0.717, 1.165) is 23.8 Å². The number of carbonyl (C=O) groups excluding carboxylic acids is 2. The first-order valence-corrected chi connectivity index (χ1v) is 10.6. The Morgan fingerprint density at radius 3 is 2.50 bits per heavy atom. The van der Waals surface area contributed by atoms with Gasteiger partial charge in [0.15, 0.2) is 0 Å². The summed E-state index contributed by atoms with van der Waals surface area (Å²) >= 11 is 1.12. The number of halogens is 3. The molecule has 0 saturated carbocycles. The van der Waals surface area contributed by atoms with Gasteiger partial charge >= 0.3 is 6.03 Å². The van der Waals surface area contributed by atoms with E-state index in [1.165, 1.54) is 35.2 Å². The Morgan fingerprint density at radius 1 is 1.00 bits per heavy atom. The summed E-state index contributed by atoms with van der Waals surface area (Å²) in [5.74, 6) is -2.58. The van der Waals surface area contributed by atoms with Gasteiger partial charge in [0.05, 0.1) is 5.69 Å². The molecule has 2 heterocycles. The van der Waals surface area contributed by atoms with E-state index in [0.29, 0.717) is 36.3 Å². The van der Waals surface area contributed by atoms with Crippen molar-refractivity contribution in [2.24, 2.45) is 0 Å². The number of benzene rings is 2. The number of piperidine rings is 1. The van der Waals surface area contributed by atoms with Crippen LogP contribution in [-0.4, -0.2) is 40.1 Å². The number of anilines is 2. The highest BCUT2D eigenvalue weighted by Crippen LogP contribution is 2.30. The normalized spacial score (nSPS) is 16.0. The number of rotatable bonds is 4. The number of nitrogens with one attached hydrogen (secondary N) is 2. The van der Waals surface area contributed by atoms with E-state index in [1.54, 1.807) is 0 Å². The highest BCUT2D eigenvalue weighted by molar-refractivity contribution is 7.13. The minimum atomic E-state index is -0.854. The fourth-order valence-corrected chi connectivity index (χ4v) is 4.22. The third-order valence-electron chi connectivity index (χ3n) is 4.97. The molecule has 1 unspecified atom stereocenters. The number of nitrogens with zero attached hydrogens (tertiary/aromatic N) is 3. The van der Waals surface area contributed by atoms with E-state index < -0.39 is 29.4 Å². The van der Waals surface area contributed by atoms with Crippen LogP contribution in [0.3, 0.4) is 0 Å². The minimum absolute atomic E-state index is 0.103.